The molecule has 0 saturated carbocycles. The summed E-state index contributed by atoms with van der Waals surface area (Å²) in [5.74, 6) is 1.24. The average Bonchev–Trinajstić information content (AvgIpc) is 2.96. The first-order chi connectivity index (χ1) is 20.4. The summed E-state index contributed by atoms with van der Waals surface area (Å²) in [4.78, 5) is 34.5. The van der Waals surface area contributed by atoms with Gasteiger partial charge in [-0.2, -0.15) is 4.72 Å². The number of benzene rings is 3. The molecule has 12 nitrogen and oxygen atoms in total. The molecular weight excluding hydrogens is 572 g/mol. The highest BCUT2D eigenvalue weighted by Gasteiger charge is 2.22. The zero-order valence-electron chi connectivity index (χ0n) is 24.7. The van der Waals surface area contributed by atoms with Crippen molar-refractivity contribution in [2.24, 2.45) is 0 Å². The average molecular weight is 607 g/mol. The first-order valence-corrected chi connectivity index (χ1v) is 14.4. The van der Waals surface area contributed by atoms with Gasteiger partial charge in [0.2, 0.25) is 11.7 Å². The molecule has 3 aromatic carbocycles. The lowest BCUT2D eigenvalue weighted by atomic mass is 10.2. The number of rotatable bonds is 10. The lowest BCUT2D eigenvalue weighted by Gasteiger charge is -2.21. The third kappa shape index (κ3) is 8.63. The van der Waals surface area contributed by atoms with Gasteiger partial charge in [0.15, 0.2) is 10.7 Å². The normalized spacial score (nSPS) is 12.5. The molecule has 0 saturated heterocycles. The van der Waals surface area contributed by atoms with Gasteiger partial charge in [0, 0.05) is 35.6 Å². The monoisotopic (exact) mass is 606 g/mol. The molecule has 0 bridgehead atoms. The van der Waals surface area contributed by atoms with Crippen molar-refractivity contribution in [3.63, 3.8) is 0 Å². The van der Waals surface area contributed by atoms with E-state index in [2.05, 4.69) is 25.7 Å². The summed E-state index contributed by atoms with van der Waals surface area (Å²) in [6.45, 7) is 6.73. The van der Waals surface area contributed by atoms with E-state index in [1.165, 1.54) is 6.92 Å². The van der Waals surface area contributed by atoms with Crippen LogP contribution in [0.3, 0.4) is 0 Å². The van der Waals surface area contributed by atoms with Crippen molar-refractivity contribution >= 4 is 57.4 Å². The molecule has 1 unspecified atom stereocenters. The van der Waals surface area contributed by atoms with Gasteiger partial charge in [-0.25, -0.2) is 14.8 Å². The Morgan fingerprint density at radius 1 is 0.860 bits per heavy atom. The maximum atomic E-state index is 13.5. The molecule has 4 aromatic rings. The number of fused-ring (bicyclic) bond motifs is 1. The largest absolute Gasteiger partial charge is 0.588 e. The maximum absolute atomic E-state index is 13.5. The fourth-order valence-electron chi connectivity index (χ4n) is 3.81. The fourth-order valence-corrected chi connectivity index (χ4v) is 4.68. The van der Waals surface area contributed by atoms with Gasteiger partial charge < -0.3 is 34.7 Å². The molecule has 0 aliphatic rings. The van der Waals surface area contributed by atoms with E-state index in [1.54, 1.807) is 83.5 Å². The number of carbonyl (C=O) groups excluding carboxylic acids is 2. The summed E-state index contributed by atoms with van der Waals surface area (Å²) in [6, 6.07) is 18.2. The van der Waals surface area contributed by atoms with E-state index in [-0.39, 0.29) is 5.82 Å². The van der Waals surface area contributed by atoms with Gasteiger partial charge in [-0.05, 0) is 52.0 Å². The third-order valence-electron chi connectivity index (χ3n) is 5.82. The number of hydrogen-bond acceptors (Lipinski definition) is 10. The van der Waals surface area contributed by atoms with E-state index in [0.29, 0.717) is 44.6 Å². The van der Waals surface area contributed by atoms with Crippen LogP contribution in [-0.2, 0) is 20.9 Å². The van der Waals surface area contributed by atoms with Gasteiger partial charge in [-0.1, -0.05) is 18.2 Å². The first-order valence-electron chi connectivity index (χ1n) is 13.3. The quantitative estimate of drug-likeness (QED) is 0.173. The number of methoxy groups -OCH3 is 2. The number of amides is 2. The summed E-state index contributed by atoms with van der Waals surface area (Å²) in [5, 5.41) is 8.44. The van der Waals surface area contributed by atoms with Crippen LogP contribution < -0.4 is 30.1 Å². The van der Waals surface area contributed by atoms with Gasteiger partial charge in [0.1, 0.15) is 34.5 Å². The Balaban J connectivity index is 1.54. The van der Waals surface area contributed by atoms with Crippen molar-refractivity contribution in [3.8, 4) is 11.5 Å². The summed E-state index contributed by atoms with van der Waals surface area (Å²) >= 11 is -1.80. The van der Waals surface area contributed by atoms with Crippen LogP contribution in [0.15, 0.2) is 71.6 Å². The van der Waals surface area contributed by atoms with Gasteiger partial charge in [0.05, 0.1) is 25.3 Å². The van der Waals surface area contributed by atoms with Gasteiger partial charge in [-0.3, -0.25) is 4.79 Å². The van der Waals surface area contributed by atoms with Gasteiger partial charge in [0.25, 0.3) is 0 Å². The van der Waals surface area contributed by atoms with Crippen molar-refractivity contribution in [1.29, 1.82) is 0 Å². The number of nitrogens with one attached hydrogen (secondary N) is 4. The van der Waals surface area contributed by atoms with Gasteiger partial charge >= 0.3 is 6.09 Å². The van der Waals surface area contributed by atoms with Crippen molar-refractivity contribution in [3.05, 3.63) is 66.7 Å². The minimum Gasteiger partial charge on any atom is -0.588 e. The SMILES string of the molecule is COc1cc(Nc2nc3ccccc3nc2N[S+]([O-])c2cccc(NC(=O)[C@H](C)NC(=O)OC(C)(C)C)c2)cc(OC)c1. The Hall–Kier alpha value is -4.75. The van der Waals surface area contributed by atoms with E-state index in [4.69, 9.17) is 19.2 Å². The molecule has 2 atom stereocenters. The molecule has 0 aliphatic heterocycles. The van der Waals surface area contributed by atoms with Crippen molar-refractivity contribution in [2.75, 3.05) is 29.6 Å². The molecule has 226 valence electrons. The van der Waals surface area contributed by atoms with Crippen molar-refractivity contribution in [2.45, 2.75) is 44.2 Å². The Morgan fingerprint density at radius 2 is 1.49 bits per heavy atom. The Labute approximate surface area is 252 Å². The van der Waals surface area contributed by atoms with Crippen LogP contribution in [-0.4, -0.2) is 52.4 Å². The van der Waals surface area contributed by atoms with Crippen LogP contribution in [0.2, 0.25) is 0 Å². The van der Waals surface area contributed by atoms with Crippen LogP contribution >= 0.6 is 0 Å². The van der Waals surface area contributed by atoms with Crippen LogP contribution in [0.5, 0.6) is 11.5 Å². The van der Waals surface area contributed by atoms with E-state index in [9.17, 15) is 14.1 Å². The Morgan fingerprint density at radius 3 is 2.09 bits per heavy atom. The minimum atomic E-state index is -1.80. The van der Waals surface area contributed by atoms with Crippen molar-refractivity contribution in [1.82, 2.24) is 15.3 Å². The zero-order chi connectivity index (χ0) is 31.1. The molecular formula is C30H34N6O6S. The predicted molar refractivity (Wildman–Crippen MR) is 166 cm³/mol. The molecule has 4 N–H and O–H groups in total. The summed E-state index contributed by atoms with van der Waals surface area (Å²) < 4.78 is 32.4. The summed E-state index contributed by atoms with van der Waals surface area (Å²) in [7, 11) is 3.11. The standard InChI is InChI=1S/C30H34N6O6S/c1-18(31-29(38)42-30(2,3)4)28(37)33-19-10-9-11-23(16-19)43(39)36-27-26(34-24-12-7-8-13-25(24)35-27)32-20-14-21(40-5)17-22(15-20)41-6/h7-18H,1-6H3,(H,31,38)(H,32,34)(H,33,37)(H,35,36)/t18-,43?/m0/s1. The van der Waals surface area contributed by atoms with E-state index < -0.39 is 35.0 Å². The molecule has 43 heavy (non-hydrogen) atoms. The Bertz CT molecular complexity index is 1590. The van der Waals surface area contributed by atoms with Gasteiger partial charge in [-0.15, -0.1) is 0 Å². The molecule has 0 aliphatic carbocycles. The fraction of sp³-hybridized carbons (Fsp3) is 0.267. The van der Waals surface area contributed by atoms with Crippen LogP contribution in [0.25, 0.3) is 11.0 Å². The number of anilines is 4. The Kier molecular flexibility index (Phi) is 9.78. The summed E-state index contributed by atoms with van der Waals surface area (Å²) in [6.07, 6.45) is -0.706. The van der Waals surface area contributed by atoms with Crippen LogP contribution in [0.4, 0.5) is 27.8 Å². The second-order valence-electron chi connectivity index (χ2n) is 10.4. The summed E-state index contributed by atoms with van der Waals surface area (Å²) in [5.41, 5.74) is 1.55. The minimum absolute atomic E-state index is 0.239. The number of aromatic nitrogens is 2. The highest BCUT2D eigenvalue weighted by Crippen LogP contribution is 2.31. The first kappa shape index (κ1) is 31.2. The lowest BCUT2D eigenvalue weighted by Crippen LogP contribution is -2.43. The smallest absolute Gasteiger partial charge is 0.408 e. The molecule has 0 radical (unpaired) electrons. The van der Waals surface area contributed by atoms with Crippen molar-refractivity contribution < 1.29 is 28.4 Å². The number of para-hydroxylation sites is 2. The lowest BCUT2D eigenvalue weighted by molar-refractivity contribution is -0.117. The number of carbonyl (C=O) groups is 2. The number of nitrogens with zero attached hydrogens (tertiary/aromatic N) is 2. The topological polar surface area (TPSA) is 159 Å². The van der Waals surface area contributed by atoms with E-state index >= 15 is 0 Å². The second-order valence-corrected chi connectivity index (χ2v) is 11.6. The molecule has 2 amide bonds. The zero-order valence-corrected chi connectivity index (χ0v) is 25.5. The molecule has 0 fully saturated rings. The van der Waals surface area contributed by atoms with E-state index in [1.807, 2.05) is 18.2 Å². The predicted octanol–water partition coefficient (Wildman–Crippen LogP) is 5.38. The number of ether oxygens (including phenoxy) is 3. The third-order valence-corrected chi connectivity index (χ3v) is 6.88. The molecule has 1 aromatic heterocycles. The molecule has 4 rings (SSSR count). The number of hydrogen-bond donors (Lipinski definition) is 4. The molecule has 1 heterocycles. The van der Waals surface area contributed by atoms with E-state index in [0.717, 1.165) is 0 Å². The van der Waals surface area contributed by atoms with Crippen LogP contribution in [0.1, 0.15) is 27.7 Å². The maximum Gasteiger partial charge on any atom is 0.408 e. The molecule has 0 spiro atoms. The molecule has 13 heteroatoms. The highest BCUT2D eigenvalue weighted by molar-refractivity contribution is 7.92. The highest BCUT2D eigenvalue weighted by atomic mass is 32.2. The van der Waals surface area contributed by atoms with Crippen LogP contribution in [0, 0.1) is 0 Å². The second kappa shape index (κ2) is 13.5. The number of alkyl carbamates (subject to hydrolysis) is 1.